The number of hydrogen-bond donors (Lipinski definition) is 1. The minimum atomic E-state index is 0. The normalized spacial score (nSPS) is 10.6. The summed E-state index contributed by atoms with van der Waals surface area (Å²) < 4.78 is 9.99. The SMILES string of the molecule is CCCCn1c(=N)n(CCCOc2ccccc2)c2ccccc21.Cl. The highest BCUT2D eigenvalue weighted by molar-refractivity contribution is 5.85. The zero-order chi connectivity index (χ0) is 16.8. The molecule has 3 rings (SSSR count). The third kappa shape index (κ3) is 4.45. The summed E-state index contributed by atoms with van der Waals surface area (Å²) in [7, 11) is 0. The number of imidazole rings is 1. The van der Waals surface area contributed by atoms with Crippen molar-refractivity contribution in [2.24, 2.45) is 0 Å². The summed E-state index contributed by atoms with van der Waals surface area (Å²) in [5.74, 6) is 0.902. The van der Waals surface area contributed by atoms with Gasteiger partial charge in [0.1, 0.15) is 5.75 Å². The minimum absolute atomic E-state index is 0. The molecule has 1 heterocycles. The molecule has 1 N–H and O–H groups in total. The van der Waals surface area contributed by atoms with E-state index in [2.05, 4.69) is 28.2 Å². The van der Waals surface area contributed by atoms with Crippen molar-refractivity contribution in [3.63, 3.8) is 0 Å². The molecule has 134 valence electrons. The summed E-state index contributed by atoms with van der Waals surface area (Å²) in [6.07, 6.45) is 3.12. The molecule has 3 aromatic rings. The number of hydrogen-bond acceptors (Lipinski definition) is 2. The number of nitrogens with zero attached hydrogens (tertiary/aromatic N) is 2. The highest BCUT2D eigenvalue weighted by Gasteiger charge is 2.09. The van der Waals surface area contributed by atoms with Gasteiger partial charge in [0, 0.05) is 13.1 Å². The molecule has 25 heavy (non-hydrogen) atoms. The Balaban J connectivity index is 0.00000225. The Labute approximate surface area is 155 Å². The van der Waals surface area contributed by atoms with Crippen molar-refractivity contribution in [1.29, 1.82) is 5.41 Å². The number of nitrogens with one attached hydrogen (secondary N) is 1. The largest absolute Gasteiger partial charge is 0.494 e. The van der Waals surface area contributed by atoms with Gasteiger partial charge in [-0.25, -0.2) is 0 Å². The second-order valence-electron chi connectivity index (χ2n) is 5.98. The van der Waals surface area contributed by atoms with E-state index in [4.69, 9.17) is 10.1 Å². The topological polar surface area (TPSA) is 42.9 Å². The zero-order valence-electron chi connectivity index (χ0n) is 14.6. The van der Waals surface area contributed by atoms with Gasteiger partial charge in [0.05, 0.1) is 17.6 Å². The summed E-state index contributed by atoms with van der Waals surface area (Å²) >= 11 is 0. The van der Waals surface area contributed by atoms with Crippen LogP contribution in [0.1, 0.15) is 26.2 Å². The third-order valence-corrected chi connectivity index (χ3v) is 4.25. The number of rotatable bonds is 8. The van der Waals surface area contributed by atoms with Gasteiger partial charge in [-0.1, -0.05) is 43.7 Å². The Bertz CT molecular complexity index is 839. The van der Waals surface area contributed by atoms with Gasteiger partial charge in [-0.2, -0.15) is 0 Å². The first-order valence-corrected chi connectivity index (χ1v) is 8.71. The zero-order valence-corrected chi connectivity index (χ0v) is 15.5. The predicted molar refractivity (Wildman–Crippen MR) is 104 cm³/mol. The molecule has 4 nitrogen and oxygen atoms in total. The molecule has 0 aliphatic carbocycles. The van der Waals surface area contributed by atoms with Gasteiger partial charge < -0.3 is 13.9 Å². The van der Waals surface area contributed by atoms with Crippen molar-refractivity contribution in [2.75, 3.05) is 6.61 Å². The van der Waals surface area contributed by atoms with Crippen LogP contribution < -0.4 is 10.4 Å². The van der Waals surface area contributed by atoms with E-state index in [9.17, 15) is 0 Å². The van der Waals surface area contributed by atoms with E-state index in [1.807, 2.05) is 42.5 Å². The Morgan fingerprint density at radius 1 is 0.840 bits per heavy atom. The lowest BCUT2D eigenvalue weighted by molar-refractivity contribution is 0.301. The van der Waals surface area contributed by atoms with Gasteiger partial charge in [-0.05, 0) is 37.1 Å². The first kappa shape index (κ1) is 19.1. The third-order valence-electron chi connectivity index (χ3n) is 4.25. The maximum Gasteiger partial charge on any atom is 0.202 e. The summed E-state index contributed by atoms with van der Waals surface area (Å²) in [5.41, 5.74) is 2.88. The number of fused-ring (bicyclic) bond motifs is 1. The number of halogens is 1. The van der Waals surface area contributed by atoms with Crippen LogP contribution in [0.5, 0.6) is 5.75 Å². The second-order valence-corrected chi connectivity index (χ2v) is 5.98. The highest BCUT2D eigenvalue weighted by Crippen LogP contribution is 2.14. The Kier molecular flexibility index (Phi) is 7.14. The Morgan fingerprint density at radius 2 is 1.40 bits per heavy atom. The summed E-state index contributed by atoms with van der Waals surface area (Å²) in [5, 5.41) is 8.54. The summed E-state index contributed by atoms with van der Waals surface area (Å²) in [6, 6.07) is 18.2. The van der Waals surface area contributed by atoms with Crippen LogP contribution in [0.3, 0.4) is 0 Å². The van der Waals surface area contributed by atoms with Crippen LogP contribution in [0.25, 0.3) is 11.0 Å². The molecule has 1 aromatic heterocycles. The van der Waals surface area contributed by atoms with Crippen LogP contribution >= 0.6 is 12.4 Å². The molecule has 5 heteroatoms. The molecule has 0 radical (unpaired) electrons. The molecule has 0 bridgehead atoms. The van der Waals surface area contributed by atoms with Crippen LogP contribution in [-0.2, 0) is 13.1 Å². The minimum Gasteiger partial charge on any atom is -0.494 e. The number of unbranched alkanes of at least 4 members (excludes halogenated alkanes) is 1. The first-order valence-electron chi connectivity index (χ1n) is 8.71. The lowest BCUT2D eigenvalue weighted by Crippen LogP contribution is -2.25. The molecule has 0 fully saturated rings. The van der Waals surface area contributed by atoms with Gasteiger partial charge in [-0.3, -0.25) is 5.41 Å². The molecule has 0 atom stereocenters. The lowest BCUT2D eigenvalue weighted by atomic mass is 10.3. The van der Waals surface area contributed by atoms with Crippen LogP contribution in [0.4, 0.5) is 0 Å². The highest BCUT2D eigenvalue weighted by atomic mass is 35.5. The number of benzene rings is 2. The molecule has 0 saturated heterocycles. The van der Waals surface area contributed by atoms with Crippen LogP contribution in [-0.4, -0.2) is 15.7 Å². The van der Waals surface area contributed by atoms with Crippen LogP contribution in [0.15, 0.2) is 54.6 Å². The van der Waals surface area contributed by atoms with Crippen molar-refractivity contribution < 1.29 is 4.74 Å². The van der Waals surface area contributed by atoms with Crippen molar-refractivity contribution in [3.05, 3.63) is 60.2 Å². The van der Waals surface area contributed by atoms with Gasteiger partial charge in [0.25, 0.3) is 0 Å². The Hall–Kier alpha value is -2.20. The number of para-hydroxylation sites is 3. The van der Waals surface area contributed by atoms with E-state index < -0.39 is 0 Å². The van der Waals surface area contributed by atoms with E-state index in [0.717, 1.165) is 49.1 Å². The fourth-order valence-corrected chi connectivity index (χ4v) is 2.99. The predicted octanol–water partition coefficient (Wildman–Crippen LogP) is 4.61. The average Bonchev–Trinajstić information content (AvgIpc) is 2.89. The molecule has 0 aliphatic rings. The van der Waals surface area contributed by atoms with Crippen LogP contribution in [0, 0.1) is 5.41 Å². The average molecular weight is 360 g/mol. The van der Waals surface area contributed by atoms with Gasteiger partial charge in [-0.15, -0.1) is 12.4 Å². The van der Waals surface area contributed by atoms with Crippen molar-refractivity contribution >= 4 is 23.4 Å². The number of ether oxygens (including phenoxy) is 1. The van der Waals surface area contributed by atoms with E-state index in [0.29, 0.717) is 12.2 Å². The van der Waals surface area contributed by atoms with E-state index in [1.54, 1.807) is 0 Å². The molecule has 0 aliphatic heterocycles. The molecule has 0 spiro atoms. The maximum atomic E-state index is 8.54. The number of aromatic nitrogens is 2. The molecule has 2 aromatic carbocycles. The fraction of sp³-hybridized carbons (Fsp3) is 0.350. The molecule has 0 unspecified atom stereocenters. The van der Waals surface area contributed by atoms with Crippen molar-refractivity contribution in [1.82, 2.24) is 9.13 Å². The second kappa shape index (κ2) is 9.33. The smallest absolute Gasteiger partial charge is 0.202 e. The number of aryl methyl sites for hydroxylation is 2. The first-order chi connectivity index (χ1) is 11.8. The maximum absolute atomic E-state index is 8.54. The van der Waals surface area contributed by atoms with Crippen molar-refractivity contribution in [3.8, 4) is 5.75 Å². The molecule has 0 amide bonds. The standard InChI is InChI=1S/C20H25N3O.ClH/c1-2-3-14-22-18-12-7-8-13-19(18)23(20(22)21)15-9-16-24-17-10-5-4-6-11-17;/h4-8,10-13,21H,2-3,9,14-16H2,1H3;1H. The van der Waals surface area contributed by atoms with Crippen LogP contribution in [0.2, 0.25) is 0 Å². The molecular weight excluding hydrogens is 334 g/mol. The van der Waals surface area contributed by atoms with E-state index in [1.165, 1.54) is 0 Å². The van der Waals surface area contributed by atoms with Crippen molar-refractivity contribution in [2.45, 2.75) is 39.3 Å². The van der Waals surface area contributed by atoms with E-state index >= 15 is 0 Å². The van der Waals surface area contributed by atoms with Gasteiger partial charge in [0.2, 0.25) is 5.62 Å². The van der Waals surface area contributed by atoms with Gasteiger partial charge >= 0.3 is 0 Å². The monoisotopic (exact) mass is 359 g/mol. The summed E-state index contributed by atoms with van der Waals surface area (Å²) in [6.45, 7) is 4.55. The lowest BCUT2D eigenvalue weighted by Gasteiger charge is -2.07. The Morgan fingerprint density at radius 3 is 2.00 bits per heavy atom. The van der Waals surface area contributed by atoms with Gasteiger partial charge in [0.15, 0.2) is 0 Å². The molecule has 0 saturated carbocycles. The summed E-state index contributed by atoms with van der Waals surface area (Å²) in [4.78, 5) is 0. The fourth-order valence-electron chi connectivity index (χ4n) is 2.99. The quantitative estimate of drug-likeness (QED) is 0.586. The molecular formula is C20H26ClN3O. The van der Waals surface area contributed by atoms with E-state index in [-0.39, 0.29) is 12.4 Å².